The molecule has 8 nitrogen and oxygen atoms in total. The van der Waals surface area contributed by atoms with Gasteiger partial charge in [0, 0.05) is 54.0 Å². The number of fused-ring (bicyclic) bond motifs is 1. The van der Waals surface area contributed by atoms with Gasteiger partial charge in [-0.15, -0.1) is 0 Å². The summed E-state index contributed by atoms with van der Waals surface area (Å²) in [6.07, 6.45) is 0. The summed E-state index contributed by atoms with van der Waals surface area (Å²) in [5.74, 6) is 1.28. The van der Waals surface area contributed by atoms with Crippen LogP contribution in [0.3, 0.4) is 0 Å². The van der Waals surface area contributed by atoms with Crippen molar-refractivity contribution in [2.75, 3.05) is 53.6 Å². The second-order valence-corrected chi connectivity index (χ2v) is 8.77. The molecule has 0 radical (unpaired) electrons. The average Bonchev–Trinajstić information content (AvgIpc) is 3.42. The van der Waals surface area contributed by atoms with Gasteiger partial charge in [0.1, 0.15) is 17.2 Å². The first-order valence-corrected chi connectivity index (χ1v) is 11.7. The van der Waals surface area contributed by atoms with E-state index in [1.807, 2.05) is 47.4 Å². The molecule has 0 aliphatic carbocycles. The molecule has 1 aromatic heterocycles. The summed E-state index contributed by atoms with van der Waals surface area (Å²) in [5, 5.41) is 8.18. The number of nitrogens with zero attached hydrogens (tertiary/aromatic N) is 3. The third kappa shape index (κ3) is 4.13. The van der Waals surface area contributed by atoms with Gasteiger partial charge in [0.2, 0.25) is 0 Å². The van der Waals surface area contributed by atoms with Crippen molar-refractivity contribution in [3.05, 3.63) is 64.3 Å². The van der Waals surface area contributed by atoms with E-state index in [2.05, 4.69) is 15.1 Å². The number of amides is 1. The van der Waals surface area contributed by atoms with E-state index in [1.165, 1.54) is 0 Å². The normalized spacial score (nSPS) is 18.3. The molecule has 5 rings (SSSR count). The lowest BCUT2D eigenvalue weighted by atomic mass is 9.95. The third-order valence-corrected chi connectivity index (χ3v) is 6.73. The summed E-state index contributed by atoms with van der Waals surface area (Å²) in [6.45, 7) is 4.49. The van der Waals surface area contributed by atoms with Gasteiger partial charge < -0.3 is 19.1 Å². The Morgan fingerprint density at radius 1 is 1.09 bits per heavy atom. The number of aromatic amines is 1. The van der Waals surface area contributed by atoms with E-state index in [4.69, 9.17) is 25.8 Å². The fourth-order valence-electron chi connectivity index (χ4n) is 4.70. The zero-order valence-electron chi connectivity index (χ0n) is 19.2. The Bertz CT molecular complexity index is 1170. The van der Waals surface area contributed by atoms with Gasteiger partial charge in [0.25, 0.3) is 5.91 Å². The number of rotatable bonds is 7. The maximum atomic E-state index is 13.6. The smallest absolute Gasteiger partial charge is 0.273 e. The summed E-state index contributed by atoms with van der Waals surface area (Å²) >= 11 is 6.11. The van der Waals surface area contributed by atoms with E-state index in [0.717, 1.165) is 42.0 Å². The van der Waals surface area contributed by atoms with Crippen molar-refractivity contribution in [3.63, 3.8) is 0 Å². The molecule has 2 aliphatic heterocycles. The van der Waals surface area contributed by atoms with Crippen LogP contribution in [-0.4, -0.2) is 79.5 Å². The second kappa shape index (κ2) is 9.66. The van der Waals surface area contributed by atoms with Gasteiger partial charge in [-0.05, 0) is 24.3 Å². The van der Waals surface area contributed by atoms with E-state index in [-0.39, 0.29) is 11.9 Å². The van der Waals surface area contributed by atoms with Crippen LogP contribution in [-0.2, 0) is 4.74 Å². The molecule has 3 heterocycles. The van der Waals surface area contributed by atoms with Crippen molar-refractivity contribution in [3.8, 4) is 22.8 Å². The number of methoxy groups -OCH3 is 2. The number of morpholine rings is 1. The number of H-pyrrole nitrogens is 1. The summed E-state index contributed by atoms with van der Waals surface area (Å²) in [5.41, 5.74) is 3.86. The SMILES string of the molecule is COc1ccc(C2c3c(-c4ccc(Cl)cc4)n[nH]c3C(=O)N2CCN2CCOCC2)c(OC)c1. The number of hydrogen-bond donors (Lipinski definition) is 1. The van der Waals surface area contributed by atoms with Crippen LogP contribution < -0.4 is 9.47 Å². The average molecular weight is 483 g/mol. The highest BCUT2D eigenvalue weighted by Gasteiger charge is 2.43. The Hall–Kier alpha value is -3.07. The van der Waals surface area contributed by atoms with Gasteiger partial charge in [-0.3, -0.25) is 14.8 Å². The van der Waals surface area contributed by atoms with E-state index >= 15 is 0 Å². The molecule has 9 heteroatoms. The lowest BCUT2D eigenvalue weighted by molar-refractivity contribution is 0.0316. The molecular weight excluding hydrogens is 456 g/mol. The number of ether oxygens (including phenoxy) is 3. The van der Waals surface area contributed by atoms with Crippen LogP contribution in [0.25, 0.3) is 11.3 Å². The Labute approximate surface area is 203 Å². The third-order valence-electron chi connectivity index (χ3n) is 6.48. The highest BCUT2D eigenvalue weighted by molar-refractivity contribution is 6.30. The molecule has 0 saturated carbocycles. The fourth-order valence-corrected chi connectivity index (χ4v) is 4.82. The van der Waals surface area contributed by atoms with Crippen molar-refractivity contribution >= 4 is 17.5 Å². The first-order chi connectivity index (χ1) is 16.6. The Morgan fingerprint density at radius 2 is 1.85 bits per heavy atom. The summed E-state index contributed by atoms with van der Waals surface area (Å²) in [4.78, 5) is 17.8. The van der Waals surface area contributed by atoms with E-state index < -0.39 is 0 Å². The number of carbonyl (C=O) groups excluding carboxylic acids is 1. The number of halogens is 1. The topological polar surface area (TPSA) is 79.9 Å². The zero-order chi connectivity index (χ0) is 23.7. The first-order valence-electron chi connectivity index (χ1n) is 11.3. The van der Waals surface area contributed by atoms with Gasteiger partial charge in [0.15, 0.2) is 0 Å². The zero-order valence-corrected chi connectivity index (χ0v) is 20.0. The molecule has 1 saturated heterocycles. The molecule has 178 valence electrons. The van der Waals surface area contributed by atoms with Gasteiger partial charge in [-0.1, -0.05) is 23.7 Å². The van der Waals surface area contributed by atoms with E-state index in [0.29, 0.717) is 42.0 Å². The Kier molecular flexibility index (Phi) is 6.45. The predicted octanol–water partition coefficient (Wildman–Crippen LogP) is 3.62. The van der Waals surface area contributed by atoms with E-state index in [9.17, 15) is 4.79 Å². The van der Waals surface area contributed by atoms with Crippen LogP contribution in [0.15, 0.2) is 42.5 Å². The summed E-state index contributed by atoms with van der Waals surface area (Å²) < 4.78 is 16.6. The molecule has 2 aromatic carbocycles. The number of hydrogen-bond acceptors (Lipinski definition) is 6. The van der Waals surface area contributed by atoms with Gasteiger partial charge in [0.05, 0.1) is 39.2 Å². The minimum Gasteiger partial charge on any atom is -0.497 e. The molecular formula is C25H27ClN4O4. The number of benzene rings is 2. The Morgan fingerprint density at radius 3 is 2.56 bits per heavy atom. The quantitative estimate of drug-likeness (QED) is 0.554. The van der Waals surface area contributed by atoms with Crippen LogP contribution in [0.1, 0.15) is 27.7 Å². The van der Waals surface area contributed by atoms with Crippen LogP contribution >= 0.6 is 11.6 Å². The fraction of sp³-hybridized carbons (Fsp3) is 0.360. The number of aromatic nitrogens is 2. The highest BCUT2D eigenvalue weighted by atomic mass is 35.5. The maximum Gasteiger partial charge on any atom is 0.273 e. The number of nitrogens with one attached hydrogen (secondary N) is 1. The monoisotopic (exact) mass is 482 g/mol. The van der Waals surface area contributed by atoms with Crippen molar-refractivity contribution in [2.45, 2.75) is 6.04 Å². The molecule has 0 bridgehead atoms. The molecule has 2 aliphatic rings. The van der Waals surface area contributed by atoms with Gasteiger partial charge >= 0.3 is 0 Å². The molecule has 1 atom stereocenters. The van der Waals surface area contributed by atoms with Crippen LogP contribution in [0.4, 0.5) is 0 Å². The maximum absolute atomic E-state index is 13.6. The van der Waals surface area contributed by atoms with Crippen molar-refractivity contribution < 1.29 is 19.0 Å². The molecule has 3 aromatic rings. The van der Waals surface area contributed by atoms with Gasteiger partial charge in [-0.2, -0.15) is 5.10 Å². The van der Waals surface area contributed by atoms with Crippen LogP contribution in [0.5, 0.6) is 11.5 Å². The van der Waals surface area contributed by atoms with E-state index in [1.54, 1.807) is 14.2 Å². The minimum atomic E-state index is -0.353. The largest absolute Gasteiger partial charge is 0.497 e. The molecule has 0 spiro atoms. The van der Waals surface area contributed by atoms with Gasteiger partial charge in [-0.25, -0.2) is 0 Å². The summed E-state index contributed by atoms with van der Waals surface area (Å²) in [6, 6.07) is 12.8. The second-order valence-electron chi connectivity index (χ2n) is 8.33. The predicted molar refractivity (Wildman–Crippen MR) is 129 cm³/mol. The molecule has 1 amide bonds. The lowest BCUT2D eigenvalue weighted by Gasteiger charge is -2.32. The lowest BCUT2D eigenvalue weighted by Crippen LogP contribution is -2.42. The Balaban J connectivity index is 1.58. The molecule has 1 fully saturated rings. The minimum absolute atomic E-state index is 0.0705. The standard InChI is InChI=1S/C25H27ClN4O4/c1-32-18-7-8-19(20(15-18)33-2)24-21-22(16-3-5-17(26)6-4-16)27-28-23(21)25(31)30(24)10-9-29-11-13-34-14-12-29/h3-8,15,24H,9-14H2,1-2H3,(H,27,28). The highest BCUT2D eigenvalue weighted by Crippen LogP contribution is 2.46. The molecule has 1 N–H and O–H groups in total. The first kappa shape index (κ1) is 22.7. The molecule has 34 heavy (non-hydrogen) atoms. The van der Waals surface area contributed by atoms with Crippen molar-refractivity contribution in [2.24, 2.45) is 0 Å². The number of carbonyl (C=O) groups is 1. The molecule has 1 unspecified atom stereocenters. The van der Waals surface area contributed by atoms with Crippen molar-refractivity contribution in [1.29, 1.82) is 0 Å². The van der Waals surface area contributed by atoms with Crippen molar-refractivity contribution in [1.82, 2.24) is 20.0 Å². The van der Waals surface area contributed by atoms with Crippen LogP contribution in [0, 0.1) is 0 Å². The van der Waals surface area contributed by atoms with Crippen LogP contribution in [0.2, 0.25) is 5.02 Å². The summed E-state index contributed by atoms with van der Waals surface area (Å²) in [7, 11) is 3.25.